The lowest BCUT2D eigenvalue weighted by molar-refractivity contribution is -0.121. The first-order valence-electron chi connectivity index (χ1n) is 8.17. The van der Waals surface area contributed by atoms with Crippen molar-refractivity contribution in [3.8, 4) is 0 Å². The van der Waals surface area contributed by atoms with Gasteiger partial charge in [0.15, 0.2) is 0 Å². The molecular formula is C16H29N5O. The molecule has 0 unspecified atom stereocenters. The molecule has 2 N–H and O–H groups in total. The SMILES string of the molecule is Cc1n[nH]c(C)c1CNC(=O)CC[C@H](C)N1CCN(C)CC1. The van der Waals surface area contributed by atoms with Crippen LogP contribution in [0.2, 0.25) is 0 Å². The minimum atomic E-state index is 0.126. The maximum atomic E-state index is 12.0. The summed E-state index contributed by atoms with van der Waals surface area (Å²) in [5, 5.41) is 10.1. The van der Waals surface area contributed by atoms with E-state index in [1.165, 1.54) is 0 Å². The Kier molecular flexibility index (Phi) is 5.97. The molecule has 0 bridgehead atoms. The van der Waals surface area contributed by atoms with Gasteiger partial charge >= 0.3 is 0 Å². The number of piperazine rings is 1. The molecule has 6 heteroatoms. The van der Waals surface area contributed by atoms with E-state index in [4.69, 9.17) is 0 Å². The Morgan fingerprint density at radius 1 is 1.32 bits per heavy atom. The normalized spacial score (nSPS) is 18.4. The molecular weight excluding hydrogens is 278 g/mol. The van der Waals surface area contributed by atoms with Crippen molar-refractivity contribution < 1.29 is 4.79 Å². The fourth-order valence-corrected chi connectivity index (χ4v) is 2.90. The van der Waals surface area contributed by atoms with Gasteiger partial charge in [0, 0.05) is 56.4 Å². The van der Waals surface area contributed by atoms with Crippen LogP contribution >= 0.6 is 0 Å². The van der Waals surface area contributed by atoms with Crippen LogP contribution in [0, 0.1) is 13.8 Å². The van der Waals surface area contributed by atoms with Crippen molar-refractivity contribution in [2.24, 2.45) is 0 Å². The van der Waals surface area contributed by atoms with Crippen LogP contribution in [0.3, 0.4) is 0 Å². The molecule has 1 aromatic heterocycles. The molecule has 1 saturated heterocycles. The molecule has 1 atom stereocenters. The number of aryl methyl sites for hydroxylation is 2. The zero-order valence-corrected chi connectivity index (χ0v) is 14.3. The molecule has 6 nitrogen and oxygen atoms in total. The van der Waals surface area contributed by atoms with Gasteiger partial charge in [0.25, 0.3) is 0 Å². The van der Waals surface area contributed by atoms with E-state index in [-0.39, 0.29) is 5.91 Å². The second-order valence-electron chi connectivity index (χ2n) is 6.42. The highest BCUT2D eigenvalue weighted by Gasteiger charge is 2.19. The summed E-state index contributed by atoms with van der Waals surface area (Å²) in [4.78, 5) is 16.9. The number of hydrogen-bond acceptors (Lipinski definition) is 4. The van der Waals surface area contributed by atoms with Crippen LogP contribution in [-0.4, -0.2) is 65.2 Å². The highest BCUT2D eigenvalue weighted by atomic mass is 16.1. The Hall–Kier alpha value is -1.40. The third-order valence-electron chi connectivity index (χ3n) is 4.69. The van der Waals surface area contributed by atoms with Crippen molar-refractivity contribution in [2.75, 3.05) is 33.2 Å². The van der Waals surface area contributed by atoms with Gasteiger partial charge in [-0.3, -0.25) is 14.8 Å². The molecule has 22 heavy (non-hydrogen) atoms. The molecule has 2 rings (SSSR count). The average molecular weight is 307 g/mol. The Morgan fingerprint density at radius 2 is 2.00 bits per heavy atom. The molecule has 1 aliphatic rings. The maximum absolute atomic E-state index is 12.0. The summed E-state index contributed by atoms with van der Waals surface area (Å²) in [5.74, 6) is 0.126. The zero-order valence-electron chi connectivity index (χ0n) is 14.3. The van der Waals surface area contributed by atoms with Gasteiger partial charge in [-0.05, 0) is 34.2 Å². The van der Waals surface area contributed by atoms with E-state index in [9.17, 15) is 4.79 Å². The first-order chi connectivity index (χ1) is 10.5. The van der Waals surface area contributed by atoms with Crippen LogP contribution in [0.4, 0.5) is 0 Å². The predicted octanol–water partition coefficient (Wildman–Crippen LogP) is 1.06. The van der Waals surface area contributed by atoms with Crippen molar-refractivity contribution in [1.82, 2.24) is 25.3 Å². The smallest absolute Gasteiger partial charge is 0.220 e. The Morgan fingerprint density at radius 3 is 2.59 bits per heavy atom. The second kappa shape index (κ2) is 7.74. The Bertz CT molecular complexity index is 471. The van der Waals surface area contributed by atoms with Crippen molar-refractivity contribution in [3.63, 3.8) is 0 Å². The number of rotatable bonds is 6. The third kappa shape index (κ3) is 4.55. The van der Waals surface area contributed by atoms with Gasteiger partial charge < -0.3 is 10.2 Å². The van der Waals surface area contributed by atoms with Crippen LogP contribution in [0.15, 0.2) is 0 Å². The van der Waals surface area contributed by atoms with Crippen LogP contribution in [0.25, 0.3) is 0 Å². The summed E-state index contributed by atoms with van der Waals surface area (Å²) in [6.45, 7) is 11.2. The Balaban J connectivity index is 1.69. The number of nitrogens with one attached hydrogen (secondary N) is 2. The number of hydrogen-bond donors (Lipinski definition) is 2. The molecule has 0 spiro atoms. The minimum Gasteiger partial charge on any atom is -0.352 e. The molecule has 1 aromatic rings. The van der Waals surface area contributed by atoms with E-state index >= 15 is 0 Å². The number of carbonyl (C=O) groups excluding carboxylic acids is 1. The third-order valence-corrected chi connectivity index (χ3v) is 4.69. The molecule has 1 fully saturated rings. The molecule has 2 heterocycles. The highest BCUT2D eigenvalue weighted by molar-refractivity contribution is 5.75. The Labute approximate surface area is 133 Å². The first kappa shape index (κ1) is 17.0. The van der Waals surface area contributed by atoms with Crippen LogP contribution in [0.1, 0.15) is 36.7 Å². The molecule has 1 amide bonds. The number of aromatic nitrogens is 2. The van der Waals surface area contributed by atoms with Gasteiger partial charge in [-0.25, -0.2) is 0 Å². The number of aromatic amines is 1. The lowest BCUT2D eigenvalue weighted by atomic mass is 10.1. The number of H-pyrrole nitrogens is 1. The van der Waals surface area contributed by atoms with Gasteiger partial charge in [-0.2, -0.15) is 5.10 Å². The fourth-order valence-electron chi connectivity index (χ4n) is 2.90. The van der Waals surface area contributed by atoms with Crippen LogP contribution < -0.4 is 5.32 Å². The largest absolute Gasteiger partial charge is 0.352 e. The summed E-state index contributed by atoms with van der Waals surface area (Å²) in [5.41, 5.74) is 3.09. The van der Waals surface area contributed by atoms with Crippen molar-refractivity contribution in [1.29, 1.82) is 0 Å². The van der Waals surface area contributed by atoms with Crippen molar-refractivity contribution in [3.05, 3.63) is 17.0 Å². The van der Waals surface area contributed by atoms with Crippen LogP contribution in [0.5, 0.6) is 0 Å². The molecule has 124 valence electrons. The number of amides is 1. The number of likely N-dealkylation sites (N-methyl/N-ethyl adjacent to an activating group) is 1. The van der Waals surface area contributed by atoms with Gasteiger partial charge in [0.05, 0.1) is 5.69 Å². The summed E-state index contributed by atoms with van der Waals surface area (Å²) in [7, 11) is 2.16. The van der Waals surface area contributed by atoms with Gasteiger partial charge in [0.2, 0.25) is 5.91 Å². The topological polar surface area (TPSA) is 64.3 Å². The van der Waals surface area contributed by atoms with Gasteiger partial charge in [0.1, 0.15) is 0 Å². The lowest BCUT2D eigenvalue weighted by Crippen LogP contribution is -2.48. The summed E-state index contributed by atoms with van der Waals surface area (Å²) in [6.07, 6.45) is 1.50. The van der Waals surface area contributed by atoms with E-state index in [0.29, 0.717) is 19.0 Å². The predicted molar refractivity (Wildman–Crippen MR) is 87.7 cm³/mol. The molecule has 0 aliphatic carbocycles. The summed E-state index contributed by atoms with van der Waals surface area (Å²) in [6, 6.07) is 0.469. The first-order valence-corrected chi connectivity index (χ1v) is 8.17. The summed E-state index contributed by atoms with van der Waals surface area (Å²) < 4.78 is 0. The summed E-state index contributed by atoms with van der Waals surface area (Å²) >= 11 is 0. The van der Waals surface area contributed by atoms with Gasteiger partial charge in [-0.15, -0.1) is 0 Å². The number of nitrogens with zero attached hydrogens (tertiary/aromatic N) is 3. The standard InChI is InChI=1S/C16H29N5O/c1-12(21-9-7-20(4)8-10-21)5-6-16(22)17-11-15-13(2)18-19-14(15)3/h12H,5-11H2,1-4H3,(H,17,22)(H,18,19)/t12-/m0/s1. The van der Waals surface area contributed by atoms with E-state index in [2.05, 4.69) is 39.3 Å². The average Bonchev–Trinajstić information content (AvgIpc) is 2.82. The van der Waals surface area contributed by atoms with E-state index < -0.39 is 0 Å². The molecule has 1 aliphatic heterocycles. The van der Waals surface area contributed by atoms with Gasteiger partial charge in [-0.1, -0.05) is 0 Å². The van der Waals surface area contributed by atoms with Crippen molar-refractivity contribution in [2.45, 2.75) is 46.2 Å². The van der Waals surface area contributed by atoms with Crippen molar-refractivity contribution >= 4 is 5.91 Å². The van der Waals surface area contributed by atoms with Crippen LogP contribution in [-0.2, 0) is 11.3 Å². The quantitative estimate of drug-likeness (QED) is 0.825. The molecule has 0 saturated carbocycles. The van der Waals surface area contributed by atoms with E-state index in [1.54, 1.807) is 0 Å². The number of carbonyl (C=O) groups is 1. The van der Waals surface area contributed by atoms with E-state index in [1.807, 2.05) is 13.8 Å². The highest BCUT2D eigenvalue weighted by Crippen LogP contribution is 2.11. The lowest BCUT2D eigenvalue weighted by Gasteiger charge is -2.36. The molecule has 0 aromatic carbocycles. The fraction of sp³-hybridized carbons (Fsp3) is 0.750. The maximum Gasteiger partial charge on any atom is 0.220 e. The van der Waals surface area contributed by atoms with E-state index in [0.717, 1.165) is 49.6 Å². The monoisotopic (exact) mass is 307 g/mol. The second-order valence-corrected chi connectivity index (χ2v) is 6.42. The zero-order chi connectivity index (χ0) is 16.1. The molecule has 0 radical (unpaired) electrons. The minimum absolute atomic E-state index is 0.126.